The molecule has 27 heavy (non-hydrogen) atoms. The highest BCUT2D eigenvalue weighted by molar-refractivity contribution is 5.93. The summed E-state index contributed by atoms with van der Waals surface area (Å²) in [5.74, 6) is 0.381. The number of nitrogens with zero attached hydrogens (tertiary/aromatic N) is 4. The smallest absolute Gasteiger partial charge is 0.272 e. The third-order valence-corrected chi connectivity index (χ3v) is 4.45. The maximum atomic E-state index is 12.5. The molecule has 1 N–H and O–H groups in total. The molecule has 1 aromatic carbocycles. The molecule has 7 nitrogen and oxygen atoms in total. The number of likely N-dealkylation sites (N-methyl/N-ethyl adjacent to an activating group) is 1. The Morgan fingerprint density at radius 3 is 2.63 bits per heavy atom. The SMILES string of the molecule is CC(C)Oc1cc(-c2ccccc2)nc2cc(C(=O)NC3CN(C)C3)nn12. The number of carbonyl (C=O) groups is 1. The number of benzene rings is 1. The molecule has 0 saturated carbocycles. The number of carbonyl (C=O) groups excluding carboxylic acids is 1. The van der Waals surface area contributed by atoms with Gasteiger partial charge >= 0.3 is 0 Å². The van der Waals surface area contributed by atoms with Crippen molar-refractivity contribution in [3.8, 4) is 17.1 Å². The quantitative estimate of drug-likeness (QED) is 0.751. The van der Waals surface area contributed by atoms with Crippen LogP contribution in [0.3, 0.4) is 0 Å². The van der Waals surface area contributed by atoms with E-state index in [9.17, 15) is 4.79 Å². The Bertz CT molecular complexity index is 961. The van der Waals surface area contributed by atoms with E-state index in [0.29, 0.717) is 17.2 Å². The second-order valence-corrected chi connectivity index (χ2v) is 7.20. The highest BCUT2D eigenvalue weighted by atomic mass is 16.5. The third-order valence-electron chi connectivity index (χ3n) is 4.45. The van der Waals surface area contributed by atoms with Gasteiger partial charge in [-0.05, 0) is 20.9 Å². The Morgan fingerprint density at radius 1 is 1.22 bits per heavy atom. The van der Waals surface area contributed by atoms with Crippen molar-refractivity contribution in [1.29, 1.82) is 0 Å². The van der Waals surface area contributed by atoms with Gasteiger partial charge < -0.3 is 15.0 Å². The molecule has 1 aliphatic rings. The molecule has 1 saturated heterocycles. The van der Waals surface area contributed by atoms with E-state index in [0.717, 1.165) is 24.3 Å². The van der Waals surface area contributed by atoms with Gasteiger partial charge in [0, 0.05) is 30.8 Å². The van der Waals surface area contributed by atoms with Crippen LogP contribution in [-0.2, 0) is 0 Å². The summed E-state index contributed by atoms with van der Waals surface area (Å²) in [6, 6.07) is 13.6. The Labute approximate surface area is 158 Å². The zero-order valence-electron chi connectivity index (χ0n) is 15.7. The average molecular weight is 365 g/mol. The van der Waals surface area contributed by atoms with Gasteiger partial charge in [-0.15, -0.1) is 0 Å². The number of rotatable bonds is 5. The molecule has 4 rings (SSSR count). The Kier molecular flexibility index (Phi) is 4.53. The summed E-state index contributed by atoms with van der Waals surface area (Å²) < 4.78 is 7.52. The van der Waals surface area contributed by atoms with Crippen molar-refractivity contribution in [2.45, 2.75) is 26.0 Å². The van der Waals surface area contributed by atoms with E-state index in [1.165, 1.54) is 0 Å². The normalized spacial score (nSPS) is 15.1. The predicted molar refractivity (Wildman–Crippen MR) is 103 cm³/mol. The van der Waals surface area contributed by atoms with Crippen LogP contribution in [0.1, 0.15) is 24.3 Å². The van der Waals surface area contributed by atoms with E-state index < -0.39 is 0 Å². The molecule has 2 aromatic heterocycles. The summed E-state index contributed by atoms with van der Waals surface area (Å²) in [6.45, 7) is 5.63. The minimum absolute atomic E-state index is 0.0220. The lowest BCUT2D eigenvalue weighted by Crippen LogP contribution is -2.57. The van der Waals surface area contributed by atoms with E-state index in [-0.39, 0.29) is 18.1 Å². The zero-order chi connectivity index (χ0) is 19.0. The van der Waals surface area contributed by atoms with E-state index in [2.05, 4.69) is 20.3 Å². The van der Waals surface area contributed by atoms with Crippen molar-refractivity contribution in [3.05, 3.63) is 48.2 Å². The molecule has 1 fully saturated rings. The van der Waals surface area contributed by atoms with Crippen molar-refractivity contribution in [1.82, 2.24) is 24.8 Å². The highest BCUT2D eigenvalue weighted by Crippen LogP contribution is 2.24. The van der Waals surface area contributed by atoms with Crippen molar-refractivity contribution < 1.29 is 9.53 Å². The molecule has 3 aromatic rings. The van der Waals surface area contributed by atoms with Crippen LogP contribution in [0.15, 0.2) is 42.5 Å². The summed E-state index contributed by atoms with van der Waals surface area (Å²) in [5.41, 5.74) is 2.70. The van der Waals surface area contributed by atoms with E-state index in [1.807, 2.05) is 57.3 Å². The van der Waals surface area contributed by atoms with Gasteiger partial charge in [0.05, 0.1) is 17.8 Å². The molecule has 140 valence electrons. The molecule has 3 heterocycles. The molecule has 0 aliphatic carbocycles. The summed E-state index contributed by atoms with van der Waals surface area (Å²) in [5, 5.41) is 7.44. The first-order valence-corrected chi connectivity index (χ1v) is 9.12. The molecule has 0 atom stereocenters. The lowest BCUT2D eigenvalue weighted by Gasteiger charge is -2.36. The van der Waals surface area contributed by atoms with Crippen molar-refractivity contribution in [2.75, 3.05) is 20.1 Å². The number of hydrogen-bond acceptors (Lipinski definition) is 5. The van der Waals surface area contributed by atoms with Crippen LogP contribution in [0.4, 0.5) is 0 Å². The molecular weight excluding hydrogens is 342 g/mol. The Balaban J connectivity index is 1.70. The fourth-order valence-corrected chi connectivity index (χ4v) is 3.19. The van der Waals surface area contributed by atoms with Crippen molar-refractivity contribution in [3.63, 3.8) is 0 Å². The minimum Gasteiger partial charge on any atom is -0.475 e. The zero-order valence-corrected chi connectivity index (χ0v) is 15.7. The van der Waals surface area contributed by atoms with Gasteiger partial charge in [0.25, 0.3) is 5.91 Å². The van der Waals surface area contributed by atoms with E-state index >= 15 is 0 Å². The second kappa shape index (κ2) is 7.00. The summed E-state index contributed by atoms with van der Waals surface area (Å²) >= 11 is 0. The topological polar surface area (TPSA) is 71.8 Å². The van der Waals surface area contributed by atoms with Crippen molar-refractivity contribution in [2.24, 2.45) is 0 Å². The predicted octanol–water partition coefficient (Wildman–Crippen LogP) is 2.23. The number of aromatic nitrogens is 3. The first kappa shape index (κ1) is 17.5. The van der Waals surface area contributed by atoms with Crippen LogP contribution in [0.25, 0.3) is 16.9 Å². The Hall–Kier alpha value is -2.93. The van der Waals surface area contributed by atoms with Gasteiger partial charge in [0.15, 0.2) is 11.3 Å². The number of likely N-dealkylation sites (tertiary alicyclic amines) is 1. The highest BCUT2D eigenvalue weighted by Gasteiger charge is 2.26. The number of fused-ring (bicyclic) bond motifs is 1. The maximum absolute atomic E-state index is 12.5. The number of amides is 1. The Morgan fingerprint density at radius 2 is 1.96 bits per heavy atom. The van der Waals surface area contributed by atoms with Crippen LogP contribution in [0.2, 0.25) is 0 Å². The first-order valence-electron chi connectivity index (χ1n) is 9.12. The molecule has 1 aliphatic heterocycles. The first-order chi connectivity index (χ1) is 13.0. The standard InChI is InChI=1S/C20H23N5O2/c1-13(2)27-19-10-16(14-7-5-4-6-8-14)22-18-9-17(23-25(18)19)20(26)21-15-11-24(3)12-15/h4-10,13,15H,11-12H2,1-3H3,(H,21,26). The average Bonchev–Trinajstić information content (AvgIpc) is 3.05. The second-order valence-electron chi connectivity index (χ2n) is 7.20. The van der Waals surface area contributed by atoms with E-state index in [1.54, 1.807) is 10.6 Å². The largest absolute Gasteiger partial charge is 0.475 e. The van der Waals surface area contributed by atoms with Crippen LogP contribution >= 0.6 is 0 Å². The summed E-state index contributed by atoms with van der Waals surface area (Å²) in [6.07, 6.45) is -0.0220. The molecule has 0 bridgehead atoms. The molecule has 0 unspecified atom stereocenters. The summed E-state index contributed by atoms with van der Waals surface area (Å²) in [4.78, 5) is 19.4. The van der Waals surface area contributed by atoms with Gasteiger partial charge in [-0.3, -0.25) is 4.79 Å². The van der Waals surface area contributed by atoms with Gasteiger partial charge in [-0.25, -0.2) is 4.98 Å². The van der Waals surface area contributed by atoms with Crippen LogP contribution < -0.4 is 10.1 Å². The molecule has 0 radical (unpaired) electrons. The number of ether oxygens (including phenoxy) is 1. The minimum atomic E-state index is -0.185. The third kappa shape index (κ3) is 3.64. The fraction of sp³-hybridized carbons (Fsp3) is 0.350. The fourth-order valence-electron chi connectivity index (χ4n) is 3.19. The number of hydrogen-bond donors (Lipinski definition) is 1. The van der Waals surface area contributed by atoms with Gasteiger partial charge in [0.1, 0.15) is 0 Å². The van der Waals surface area contributed by atoms with E-state index in [4.69, 9.17) is 4.74 Å². The monoisotopic (exact) mass is 365 g/mol. The number of nitrogens with one attached hydrogen (secondary N) is 1. The van der Waals surface area contributed by atoms with Gasteiger partial charge in [-0.1, -0.05) is 30.3 Å². The van der Waals surface area contributed by atoms with Crippen molar-refractivity contribution >= 4 is 11.6 Å². The lowest BCUT2D eigenvalue weighted by atomic mass is 10.1. The van der Waals surface area contributed by atoms with Crippen LogP contribution in [-0.4, -0.2) is 57.7 Å². The lowest BCUT2D eigenvalue weighted by molar-refractivity contribution is 0.0852. The van der Waals surface area contributed by atoms with Crippen LogP contribution in [0, 0.1) is 0 Å². The molecule has 7 heteroatoms. The van der Waals surface area contributed by atoms with Gasteiger partial charge in [-0.2, -0.15) is 9.61 Å². The molecular formula is C20H23N5O2. The molecule has 0 spiro atoms. The van der Waals surface area contributed by atoms with Crippen LogP contribution in [0.5, 0.6) is 5.88 Å². The maximum Gasteiger partial charge on any atom is 0.272 e. The molecule has 1 amide bonds. The van der Waals surface area contributed by atoms with Gasteiger partial charge in [0.2, 0.25) is 5.88 Å². The summed E-state index contributed by atoms with van der Waals surface area (Å²) in [7, 11) is 2.03.